The number of rotatable bonds is 6. The molecule has 0 spiro atoms. The molecule has 8 heteroatoms. The predicted octanol–water partition coefficient (Wildman–Crippen LogP) is 1.21. The largest absolute Gasteiger partial charge is 0.491 e. The van der Waals surface area contributed by atoms with Crippen molar-refractivity contribution in [3.05, 3.63) is 35.9 Å². The number of hydrogen-bond acceptors (Lipinski definition) is 6. The molecule has 1 aliphatic heterocycles. The van der Waals surface area contributed by atoms with Gasteiger partial charge in [-0.25, -0.2) is 9.67 Å². The van der Waals surface area contributed by atoms with Gasteiger partial charge in [-0.3, -0.25) is 4.79 Å². The zero-order chi connectivity index (χ0) is 17.1. The number of aromatic nitrogens is 4. The molecule has 1 amide bonds. The van der Waals surface area contributed by atoms with E-state index in [9.17, 15) is 9.90 Å². The summed E-state index contributed by atoms with van der Waals surface area (Å²) in [5, 5.41) is 17.4. The Kier molecular flexibility index (Phi) is 4.75. The second-order valence-electron chi connectivity index (χ2n) is 5.86. The lowest BCUT2D eigenvalue weighted by atomic mass is 10.1. The smallest absolute Gasteiger partial charge is 0.276 e. The summed E-state index contributed by atoms with van der Waals surface area (Å²) in [6.45, 7) is 5.27. The Balaban J connectivity index is 1.64. The lowest BCUT2D eigenvalue weighted by Crippen LogP contribution is -2.51. The van der Waals surface area contributed by atoms with Gasteiger partial charge in [-0.2, -0.15) is 0 Å². The van der Waals surface area contributed by atoms with Crippen LogP contribution in [0.5, 0.6) is 5.75 Å². The number of likely N-dealkylation sites (tertiary alicyclic amines) is 1. The Labute approximate surface area is 140 Å². The Morgan fingerprint density at radius 1 is 1.50 bits per heavy atom. The van der Waals surface area contributed by atoms with Crippen LogP contribution in [0, 0.1) is 0 Å². The minimum absolute atomic E-state index is 0.0673. The Morgan fingerprint density at radius 3 is 2.96 bits per heavy atom. The van der Waals surface area contributed by atoms with Crippen LogP contribution in [0.3, 0.4) is 0 Å². The van der Waals surface area contributed by atoms with Crippen LogP contribution < -0.4 is 4.74 Å². The lowest BCUT2D eigenvalue weighted by molar-refractivity contribution is 0.0487. The van der Waals surface area contributed by atoms with Gasteiger partial charge in [0.05, 0.1) is 24.9 Å². The van der Waals surface area contributed by atoms with E-state index in [1.807, 2.05) is 6.92 Å². The zero-order valence-corrected chi connectivity index (χ0v) is 13.8. The predicted molar refractivity (Wildman–Crippen MR) is 85.6 cm³/mol. The molecule has 0 aliphatic carbocycles. The maximum Gasteiger partial charge on any atom is 0.276 e. The fourth-order valence-electron chi connectivity index (χ4n) is 2.48. The van der Waals surface area contributed by atoms with Crippen LogP contribution in [0.1, 0.15) is 48.6 Å². The van der Waals surface area contributed by atoms with Gasteiger partial charge in [0.15, 0.2) is 11.4 Å². The molecule has 8 nitrogen and oxygen atoms in total. The standard InChI is InChI=1S/C16H21N5O3/c1-3-7-24-14-5-4-6-17-15(14)16(23)20-8-12(9-20)21-10-13(11(2)22)18-19-21/h4-6,10-12,22H,3,7-9H2,1-2H3. The van der Waals surface area contributed by atoms with E-state index in [1.165, 1.54) is 0 Å². The van der Waals surface area contributed by atoms with Crippen molar-refractivity contribution in [2.75, 3.05) is 19.7 Å². The molecule has 0 bridgehead atoms. The zero-order valence-electron chi connectivity index (χ0n) is 13.8. The van der Waals surface area contributed by atoms with Crippen molar-refractivity contribution in [2.45, 2.75) is 32.4 Å². The fraction of sp³-hybridized carbons (Fsp3) is 0.500. The Bertz CT molecular complexity index is 709. The highest BCUT2D eigenvalue weighted by Crippen LogP contribution is 2.26. The molecule has 0 aromatic carbocycles. The van der Waals surface area contributed by atoms with Gasteiger partial charge in [-0.05, 0) is 25.5 Å². The summed E-state index contributed by atoms with van der Waals surface area (Å²) in [7, 11) is 0. The molecular weight excluding hydrogens is 310 g/mol. The first-order valence-corrected chi connectivity index (χ1v) is 8.07. The van der Waals surface area contributed by atoms with E-state index in [1.54, 1.807) is 41.0 Å². The van der Waals surface area contributed by atoms with Gasteiger partial charge in [-0.1, -0.05) is 12.1 Å². The van der Waals surface area contributed by atoms with Gasteiger partial charge in [0, 0.05) is 19.3 Å². The second-order valence-corrected chi connectivity index (χ2v) is 5.86. The molecule has 3 heterocycles. The molecule has 1 fully saturated rings. The normalized spacial score (nSPS) is 15.9. The van der Waals surface area contributed by atoms with E-state index >= 15 is 0 Å². The van der Waals surface area contributed by atoms with Crippen molar-refractivity contribution < 1.29 is 14.6 Å². The number of hydrogen-bond donors (Lipinski definition) is 1. The number of nitrogens with zero attached hydrogens (tertiary/aromatic N) is 5. The van der Waals surface area contributed by atoms with E-state index in [-0.39, 0.29) is 11.9 Å². The van der Waals surface area contributed by atoms with Crippen LogP contribution in [-0.2, 0) is 0 Å². The summed E-state index contributed by atoms with van der Waals surface area (Å²) < 4.78 is 7.30. The number of aliphatic hydroxyl groups is 1. The SMILES string of the molecule is CCCOc1cccnc1C(=O)N1CC(n2cc(C(C)O)nn2)C1. The summed E-state index contributed by atoms with van der Waals surface area (Å²) >= 11 is 0. The van der Waals surface area contributed by atoms with Gasteiger partial charge in [0.25, 0.3) is 5.91 Å². The van der Waals surface area contributed by atoms with Crippen LogP contribution in [0.15, 0.2) is 24.5 Å². The van der Waals surface area contributed by atoms with E-state index in [2.05, 4.69) is 15.3 Å². The molecule has 0 radical (unpaired) electrons. The molecule has 0 saturated carbocycles. The average molecular weight is 331 g/mol. The monoisotopic (exact) mass is 331 g/mol. The second kappa shape index (κ2) is 6.96. The maximum absolute atomic E-state index is 12.6. The van der Waals surface area contributed by atoms with Crippen LogP contribution in [-0.4, -0.2) is 55.6 Å². The van der Waals surface area contributed by atoms with Gasteiger partial charge < -0.3 is 14.7 Å². The maximum atomic E-state index is 12.6. The molecule has 1 aliphatic rings. The first-order chi connectivity index (χ1) is 11.6. The third-order valence-corrected chi connectivity index (χ3v) is 3.91. The number of carbonyl (C=O) groups excluding carboxylic acids is 1. The van der Waals surface area contributed by atoms with Crippen molar-refractivity contribution in [1.29, 1.82) is 0 Å². The molecular formula is C16H21N5O3. The molecule has 24 heavy (non-hydrogen) atoms. The number of aliphatic hydroxyl groups excluding tert-OH is 1. The van der Waals surface area contributed by atoms with Gasteiger partial charge >= 0.3 is 0 Å². The number of amides is 1. The Morgan fingerprint density at radius 2 is 2.29 bits per heavy atom. The third-order valence-electron chi connectivity index (χ3n) is 3.91. The minimum atomic E-state index is -0.650. The van der Waals surface area contributed by atoms with Gasteiger partial charge in [0.1, 0.15) is 5.69 Å². The van der Waals surface area contributed by atoms with E-state index < -0.39 is 6.10 Å². The number of ether oxygens (including phenoxy) is 1. The molecule has 1 unspecified atom stereocenters. The van der Waals surface area contributed by atoms with Crippen molar-refractivity contribution in [3.63, 3.8) is 0 Å². The number of pyridine rings is 1. The van der Waals surface area contributed by atoms with E-state index in [0.717, 1.165) is 6.42 Å². The first kappa shape index (κ1) is 16.4. The van der Waals surface area contributed by atoms with Crippen molar-refractivity contribution >= 4 is 5.91 Å². The van der Waals surface area contributed by atoms with Gasteiger partial charge in [0.2, 0.25) is 0 Å². The summed E-state index contributed by atoms with van der Waals surface area (Å²) in [5.74, 6) is 0.374. The highest BCUT2D eigenvalue weighted by molar-refractivity contribution is 5.95. The van der Waals surface area contributed by atoms with Gasteiger partial charge in [-0.15, -0.1) is 5.10 Å². The van der Waals surface area contributed by atoms with Crippen LogP contribution in [0.2, 0.25) is 0 Å². The summed E-state index contributed by atoms with van der Waals surface area (Å²) in [6, 6.07) is 3.59. The highest BCUT2D eigenvalue weighted by Gasteiger charge is 2.35. The van der Waals surface area contributed by atoms with Crippen molar-refractivity contribution in [2.24, 2.45) is 0 Å². The summed E-state index contributed by atoms with van der Waals surface area (Å²) in [4.78, 5) is 18.5. The molecule has 1 N–H and O–H groups in total. The molecule has 1 atom stereocenters. The third kappa shape index (κ3) is 3.23. The Hall–Kier alpha value is -2.48. The molecule has 128 valence electrons. The molecule has 1 saturated heterocycles. The first-order valence-electron chi connectivity index (χ1n) is 8.07. The van der Waals surface area contributed by atoms with E-state index in [0.29, 0.717) is 36.8 Å². The van der Waals surface area contributed by atoms with Crippen LogP contribution in [0.4, 0.5) is 0 Å². The van der Waals surface area contributed by atoms with E-state index in [4.69, 9.17) is 4.74 Å². The fourth-order valence-corrected chi connectivity index (χ4v) is 2.48. The minimum Gasteiger partial charge on any atom is -0.491 e. The van der Waals surface area contributed by atoms with Crippen molar-refractivity contribution in [3.8, 4) is 5.75 Å². The molecule has 2 aromatic heterocycles. The number of carbonyl (C=O) groups is 1. The topological polar surface area (TPSA) is 93.4 Å². The summed E-state index contributed by atoms with van der Waals surface area (Å²) in [5.41, 5.74) is 0.868. The lowest BCUT2D eigenvalue weighted by Gasteiger charge is -2.38. The molecule has 2 aromatic rings. The van der Waals surface area contributed by atoms with Crippen LogP contribution in [0.25, 0.3) is 0 Å². The average Bonchev–Trinajstić information content (AvgIpc) is 3.01. The molecule has 3 rings (SSSR count). The highest BCUT2D eigenvalue weighted by atomic mass is 16.5. The quantitative estimate of drug-likeness (QED) is 0.855. The van der Waals surface area contributed by atoms with Crippen molar-refractivity contribution in [1.82, 2.24) is 24.9 Å². The van der Waals surface area contributed by atoms with Crippen LogP contribution >= 0.6 is 0 Å². The summed E-state index contributed by atoms with van der Waals surface area (Å²) in [6.07, 6.45) is 3.53.